The molecule has 0 aliphatic carbocycles. The molecule has 1 N–H and O–H groups in total. The van der Waals surface area contributed by atoms with Gasteiger partial charge in [0.25, 0.3) is 0 Å². The van der Waals surface area contributed by atoms with E-state index in [-0.39, 0.29) is 5.75 Å². The molecule has 2 aliphatic rings. The molecule has 3 rings (SSSR count). The van der Waals surface area contributed by atoms with Gasteiger partial charge >= 0.3 is 0 Å². The van der Waals surface area contributed by atoms with E-state index in [1.54, 1.807) is 0 Å². The summed E-state index contributed by atoms with van der Waals surface area (Å²) in [5.74, 6) is 2.21. The van der Waals surface area contributed by atoms with E-state index in [9.17, 15) is 8.42 Å². The second-order valence-corrected chi connectivity index (χ2v) is 10.5. The third-order valence-corrected chi connectivity index (χ3v) is 7.55. The summed E-state index contributed by atoms with van der Waals surface area (Å²) in [6, 6.07) is 7.74. The number of morpholine rings is 1. The number of nitrogens with zero attached hydrogens (tertiary/aromatic N) is 3. The van der Waals surface area contributed by atoms with Crippen LogP contribution in [0.15, 0.2) is 29.3 Å². The number of hydrogen-bond donors (Lipinski definition) is 1. The molecule has 0 radical (unpaired) electrons. The molecule has 2 saturated heterocycles. The molecule has 1 aromatic carbocycles. The van der Waals surface area contributed by atoms with Crippen LogP contribution in [-0.2, 0) is 27.1 Å². The molecule has 2 atom stereocenters. The molecule has 0 saturated carbocycles. The fourth-order valence-electron chi connectivity index (χ4n) is 4.39. The van der Waals surface area contributed by atoms with Crippen LogP contribution in [0.4, 0.5) is 0 Å². The number of piperidine rings is 1. The summed E-state index contributed by atoms with van der Waals surface area (Å²) in [5, 5.41) is 3.42. The molecule has 0 spiro atoms. The van der Waals surface area contributed by atoms with Gasteiger partial charge in [0.15, 0.2) is 5.96 Å². The Morgan fingerprint density at radius 3 is 2.40 bits per heavy atom. The van der Waals surface area contributed by atoms with Gasteiger partial charge in [-0.25, -0.2) is 13.4 Å². The standard InChI is InChI=1S/C22H36N4O3S/c1-4-23-22(25-15-18(2)13-19(3)16-25)24-14-20-7-5-6-8-21(20)17-30(27,28)26-9-11-29-12-10-26/h5-8,18-19H,4,9-17H2,1-3H3,(H,23,24). The van der Waals surface area contributed by atoms with Gasteiger partial charge < -0.3 is 15.0 Å². The van der Waals surface area contributed by atoms with Gasteiger partial charge in [0.2, 0.25) is 10.0 Å². The van der Waals surface area contributed by atoms with Crippen LogP contribution in [0.2, 0.25) is 0 Å². The number of nitrogens with one attached hydrogen (secondary N) is 1. The Labute approximate surface area is 181 Å². The highest BCUT2D eigenvalue weighted by Crippen LogP contribution is 2.22. The molecule has 0 amide bonds. The fourth-order valence-corrected chi connectivity index (χ4v) is 5.95. The number of likely N-dealkylation sites (tertiary alicyclic amines) is 1. The van der Waals surface area contributed by atoms with Crippen LogP contribution >= 0.6 is 0 Å². The molecule has 8 heteroatoms. The van der Waals surface area contributed by atoms with Crippen LogP contribution in [0.3, 0.4) is 0 Å². The summed E-state index contributed by atoms with van der Waals surface area (Å²) in [5.41, 5.74) is 1.78. The van der Waals surface area contributed by atoms with Crippen molar-refractivity contribution >= 4 is 16.0 Å². The van der Waals surface area contributed by atoms with Gasteiger partial charge in [-0.15, -0.1) is 0 Å². The highest BCUT2D eigenvalue weighted by atomic mass is 32.2. The van der Waals surface area contributed by atoms with Gasteiger partial charge in [0, 0.05) is 32.7 Å². The number of hydrogen-bond acceptors (Lipinski definition) is 4. The summed E-state index contributed by atoms with van der Waals surface area (Å²) in [7, 11) is -3.36. The Morgan fingerprint density at radius 2 is 1.77 bits per heavy atom. The zero-order valence-corrected chi connectivity index (χ0v) is 19.3. The van der Waals surface area contributed by atoms with E-state index in [1.165, 1.54) is 10.7 Å². The average Bonchev–Trinajstić information content (AvgIpc) is 2.72. The summed E-state index contributed by atoms with van der Waals surface area (Å²) in [4.78, 5) is 7.23. The maximum absolute atomic E-state index is 12.9. The SMILES string of the molecule is CCNC(=NCc1ccccc1CS(=O)(=O)N1CCOCC1)N1CC(C)CC(C)C1. The Kier molecular flexibility index (Phi) is 8.13. The van der Waals surface area contributed by atoms with Gasteiger partial charge in [0.1, 0.15) is 0 Å². The minimum absolute atomic E-state index is 0.00696. The van der Waals surface area contributed by atoms with Crippen molar-refractivity contribution in [2.45, 2.75) is 39.5 Å². The number of aliphatic imine (C=N–C) groups is 1. The van der Waals surface area contributed by atoms with Gasteiger partial charge in [-0.2, -0.15) is 4.31 Å². The van der Waals surface area contributed by atoms with Crippen molar-refractivity contribution < 1.29 is 13.2 Å². The average molecular weight is 437 g/mol. The van der Waals surface area contributed by atoms with Crippen LogP contribution in [0.1, 0.15) is 38.3 Å². The van der Waals surface area contributed by atoms with E-state index in [2.05, 4.69) is 31.0 Å². The minimum atomic E-state index is -3.36. The van der Waals surface area contributed by atoms with Crippen molar-refractivity contribution in [2.75, 3.05) is 45.9 Å². The summed E-state index contributed by atoms with van der Waals surface area (Å²) in [6.07, 6.45) is 1.25. The smallest absolute Gasteiger partial charge is 0.218 e. The first-order chi connectivity index (χ1) is 14.4. The first kappa shape index (κ1) is 23.0. The molecule has 1 aromatic rings. The predicted octanol–water partition coefficient (Wildman–Crippen LogP) is 2.29. The quantitative estimate of drug-likeness (QED) is 0.547. The summed E-state index contributed by atoms with van der Waals surface area (Å²) in [6.45, 7) is 11.7. The van der Waals surface area contributed by atoms with Crippen LogP contribution in [0.5, 0.6) is 0 Å². The molecular formula is C22H36N4O3S. The third kappa shape index (κ3) is 6.18. The monoisotopic (exact) mass is 436 g/mol. The van der Waals surface area contributed by atoms with Crippen molar-refractivity contribution in [2.24, 2.45) is 16.8 Å². The number of benzene rings is 1. The first-order valence-electron chi connectivity index (χ1n) is 11.0. The molecule has 168 valence electrons. The zero-order valence-electron chi connectivity index (χ0n) is 18.5. The maximum atomic E-state index is 12.9. The number of rotatable bonds is 6. The van der Waals surface area contributed by atoms with Crippen molar-refractivity contribution in [3.63, 3.8) is 0 Å². The van der Waals surface area contributed by atoms with E-state index >= 15 is 0 Å². The lowest BCUT2D eigenvalue weighted by Crippen LogP contribution is -2.48. The van der Waals surface area contributed by atoms with Crippen LogP contribution in [0.25, 0.3) is 0 Å². The third-order valence-electron chi connectivity index (χ3n) is 5.72. The fraction of sp³-hybridized carbons (Fsp3) is 0.682. The highest BCUT2D eigenvalue weighted by Gasteiger charge is 2.26. The van der Waals surface area contributed by atoms with Crippen molar-refractivity contribution in [3.05, 3.63) is 35.4 Å². The van der Waals surface area contributed by atoms with Crippen molar-refractivity contribution in [1.82, 2.24) is 14.5 Å². The molecule has 2 heterocycles. The second-order valence-electron chi connectivity index (χ2n) is 8.56. The van der Waals surface area contributed by atoms with E-state index in [0.29, 0.717) is 44.7 Å². The Balaban J connectivity index is 1.75. The number of guanidine groups is 1. The molecule has 2 unspecified atom stereocenters. The first-order valence-corrected chi connectivity index (χ1v) is 12.7. The van der Waals surface area contributed by atoms with E-state index in [4.69, 9.17) is 9.73 Å². The topological polar surface area (TPSA) is 74.2 Å². The van der Waals surface area contributed by atoms with E-state index < -0.39 is 10.0 Å². The van der Waals surface area contributed by atoms with Gasteiger partial charge in [-0.05, 0) is 36.3 Å². The largest absolute Gasteiger partial charge is 0.379 e. The molecule has 30 heavy (non-hydrogen) atoms. The maximum Gasteiger partial charge on any atom is 0.218 e. The van der Waals surface area contributed by atoms with E-state index in [1.807, 2.05) is 24.3 Å². The van der Waals surface area contributed by atoms with Crippen molar-refractivity contribution in [1.29, 1.82) is 0 Å². The van der Waals surface area contributed by atoms with Gasteiger partial charge in [-0.3, -0.25) is 0 Å². The lowest BCUT2D eigenvalue weighted by atomic mass is 9.92. The van der Waals surface area contributed by atoms with Crippen LogP contribution in [-0.4, -0.2) is 69.5 Å². The predicted molar refractivity (Wildman–Crippen MR) is 121 cm³/mol. The van der Waals surface area contributed by atoms with Gasteiger partial charge in [-0.1, -0.05) is 38.1 Å². The molecule has 2 fully saturated rings. The van der Waals surface area contributed by atoms with E-state index in [0.717, 1.165) is 36.7 Å². The summed E-state index contributed by atoms with van der Waals surface area (Å²) >= 11 is 0. The lowest BCUT2D eigenvalue weighted by Gasteiger charge is -2.37. The minimum Gasteiger partial charge on any atom is -0.379 e. The molecular weight excluding hydrogens is 400 g/mol. The van der Waals surface area contributed by atoms with Gasteiger partial charge in [0.05, 0.1) is 25.5 Å². The second kappa shape index (κ2) is 10.6. The number of ether oxygens (including phenoxy) is 1. The Hall–Kier alpha value is -1.64. The molecule has 0 aromatic heterocycles. The molecule has 2 aliphatic heterocycles. The lowest BCUT2D eigenvalue weighted by molar-refractivity contribution is 0.0729. The zero-order chi connectivity index (χ0) is 21.6. The van der Waals surface area contributed by atoms with Crippen molar-refractivity contribution in [3.8, 4) is 0 Å². The normalized spacial score (nSPS) is 24.1. The number of sulfonamides is 1. The van der Waals surface area contributed by atoms with Crippen LogP contribution < -0.4 is 5.32 Å². The van der Waals surface area contributed by atoms with Crippen LogP contribution in [0, 0.1) is 11.8 Å². The Bertz CT molecular complexity index is 811. The molecule has 7 nitrogen and oxygen atoms in total. The highest BCUT2D eigenvalue weighted by molar-refractivity contribution is 7.88. The Morgan fingerprint density at radius 1 is 1.13 bits per heavy atom. The summed E-state index contributed by atoms with van der Waals surface area (Å²) < 4.78 is 32.6. The molecule has 0 bridgehead atoms.